The number of nitrogens with zero attached hydrogens (tertiary/aromatic N) is 1. The third kappa shape index (κ3) is 3.07. The lowest BCUT2D eigenvalue weighted by Crippen LogP contribution is -2.18. The van der Waals surface area contributed by atoms with E-state index in [0.29, 0.717) is 18.8 Å². The maximum Gasteiger partial charge on any atom is 0.272 e. The van der Waals surface area contributed by atoms with E-state index in [1.54, 1.807) is 12.1 Å². The maximum atomic E-state index is 10.9. The lowest BCUT2D eigenvalue weighted by Gasteiger charge is -2.17. The van der Waals surface area contributed by atoms with E-state index in [2.05, 4.69) is 0 Å². The minimum atomic E-state index is -0.350. The van der Waals surface area contributed by atoms with Crippen LogP contribution in [0.25, 0.3) is 0 Å². The Morgan fingerprint density at radius 1 is 1.33 bits per heavy atom. The standard InChI is InChI=1S/C14H19NO3/c16-14(12-6-1-2-7-12)10-9-11-5-3-4-8-13(11)15(17)18/h3-5,8,12,14,16H,1-2,6-7,9-10H2. The van der Waals surface area contributed by atoms with Crippen molar-refractivity contribution in [2.75, 3.05) is 0 Å². The first kappa shape index (κ1) is 13.0. The van der Waals surface area contributed by atoms with Crippen molar-refractivity contribution in [3.63, 3.8) is 0 Å². The van der Waals surface area contributed by atoms with Crippen LogP contribution in [0.3, 0.4) is 0 Å². The molecule has 0 amide bonds. The molecule has 4 heteroatoms. The van der Waals surface area contributed by atoms with Crippen LogP contribution >= 0.6 is 0 Å². The second-order valence-electron chi connectivity index (χ2n) is 5.04. The van der Waals surface area contributed by atoms with Crippen molar-refractivity contribution < 1.29 is 10.0 Å². The van der Waals surface area contributed by atoms with Crippen LogP contribution in [-0.2, 0) is 6.42 Å². The second kappa shape index (κ2) is 5.96. The quantitative estimate of drug-likeness (QED) is 0.644. The van der Waals surface area contributed by atoms with Crippen LogP contribution in [-0.4, -0.2) is 16.1 Å². The summed E-state index contributed by atoms with van der Waals surface area (Å²) in [5, 5.41) is 20.9. The van der Waals surface area contributed by atoms with Crippen molar-refractivity contribution in [2.45, 2.75) is 44.6 Å². The summed E-state index contributed by atoms with van der Waals surface area (Å²) in [7, 11) is 0. The summed E-state index contributed by atoms with van der Waals surface area (Å²) in [5.74, 6) is 0.396. The largest absolute Gasteiger partial charge is 0.393 e. The van der Waals surface area contributed by atoms with Gasteiger partial charge in [0, 0.05) is 11.6 Å². The molecule has 0 aromatic heterocycles. The summed E-state index contributed by atoms with van der Waals surface area (Å²) in [5.41, 5.74) is 0.885. The first-order valence-electron chi connectivity index (χ1n) is 6.59. The van der Waals surface area contributed by atoms with E-state index in [0.717, 1.165) is 18.4 Å². The lowest BCUT2D eigenvalue weighted by molar-refractivity contribution is -0.385. The minimum absolute atomic E-state index is 0.163. The monoisotopic (exact) mass is 249 g/mol. The Balaban J connectivity index is 1.95. The van der Waals surface area contributed by atoms with Crippen molar-refractivity contribution in [1.82, 2.24) is 0 Å². The lowest BCUT2D eigenvalue weighted by atomic mass is 9.95. The van der Waals surface area contributed by atoms with Gasteiger partial charge >= 0.3 is 0 Å². The van der Waals surface area contributed by atoms with E-state index >= 15 is 0 Å². The fraction of sp³-hybridized carbons (Fsp3) is 0.571. The number of rotatable bonds is 5. The second-order valence-corrected chi connectivity index (χ2v) is 5.04. The number of aliphatic hydroxyl groups is 1. The van der Waals surface area contributed by atoms with Crippen LogP contribution in [0.5, 0.6) is 0 Å². The topological polar surface area (TPSA) is 63.4 Å². The number of benzene rings is 1. The minimum Gasteiger partial charge on any atom is -0.393 e. The molecule has 0 heterocycles. The summed E-state index contributed by atoms with van der Waals surface area (Å²) >= 11 is 0. The molecule has 18 heavy (non-hydrogen) atoms. The third-order valence-electron chi connectivity index (χ3n) is 3.84. The number of hydrogen-bond acceptors (Lipinski definition) is 3. The van der Waals surface area contributed by atoms with Crippen molar-refractivity contribution in [1.29, 1.82) is 0 Å². The van der Waals surface area contributed by atoms with Gasteiger partial charge in [-0.05, 0) is 31.6 Å². The SMILES string of the molecule is O=[N+]([O-])c1ccccc1CCC(O)C1CCCC1. The molecule has 1 aromatic rings. The molecule has 0 aliphatic heterocycles. The average Bonchev–Trinajstić information content (AvgIpc) is 2.90. The van der Waals surface area contributed by atoms with Crippen molar-refractivity contribution in [3.8, 4) is 0 Å². The van der Waals surface area contributed by atoms with Crippen molar-refractivity contribution >= 4 is 5.69 Å². The molecule has 2 rings (SSSR count). The van der Waals surface area contributed by atoms with Crippen LogP contribution in [0.1, 0.15) is 37.7 Å². The molecule has 1 fully saturated rings. The molecule has 1 aliphatic carbocycles. The molecule has 98 valence electrons. The van der Waals surface area contributed by atoms with Gasteiger partial charge in [-0.15, -0.1) is 0 Å². The molecule has 0 spiro atoms. The van der Waals surface area contributed by atoms with Gasteiger partial charge in [0.05, 0.1) is 11.0 Å². The highest BCUT2D eigenvalue weighted by molar-refractivity contribution is 5.39. The fourth-order valence-corrected chi connectivity index (χ4v) is 2.78. The summed E-state index contributed by atoms with van der Waals surface area (Å²) in [4.78, 5) is 10.5. The van der Waals surface area contributed by atoms with E-state index in [-0.39, 0.29) is 16.7 Å². The third-order valence-corrected chi connectivity index (χ3v) is 3.84. The van der Waals surface area contributed by atoms with Gasteiger partial charge in [-0.2, -0.15) is 0 Å². The molecule has 0 saturated heterocycles. The molecule has 1 atom stereocenters. The number of aliphatic hydroxyl groups excluding tert-OH is 1. The Kier molecular flexibility index (Phi) is 4.31. The zero-order valence-electron chi connectivity index (χ0n) is 10.4. The van der Waals surface area contributed by atoms with Crippen LogP contribution < -0.4 is 0 Å². The van der Waals surface area contributed by atoms with Crippen LogP contribution in [0.2, 0.25) is 0 Å². The Labute approximate surface area is 107 Å². The smallest absolute Gasteiger partial charge is 0.272 e. The van der Waals surface area contributed by atoms with Crippen LogP contribution in [0.4, 0.5) is 5.69 Å². The van der Waals surface area contributed by atoms with Gasteiger partial charge in [-0.25, -0.2) is 0 Å². The molecule has 1 aliphatic rings. The summed E-state index contributed by atoms with van der Waals surface area (Å²) in [6.45, 7) is 0. The van der Waals surface area contributed by atoms with E-state index in [4.69, 9.17) is 0 Å². The highest BCUT2D eigenvalue weighted by Gasteiger charge is 2.23. The summed E-state index contributed by atoms with van der Waals surface area (Å²) in [6.07, 6.45) is 5.48. The van der Waals surface area contributed by atoms with E-state index in [1.807, 2.05) is 6.07 Å². The van der Waals surface area contributed by atoms with Gasteiger partial charge in [0.1, 0.15) is 0 Å². The summed E-state index contributed by atoms with van der Waals surface area (Å²) < 4.78 is 0. The normalized spacial score (nSPS) is 17.8. The van der Waals surface area contributed by atoms with Gasteiger partial charge in [-0.3, -0.25) is 10.1 Å². The number of nitro benzene ring substituents is 1. The Morgan fingerprint density at radius 3 is 2.67 bits per heavy atom. The molecule has 1 N–H and O–H groups in total. The Hall–Kier alpha value is -1.42. The Bertz CT molecular complexity index is 413. The maximum absolute atomic E-state index is 10.9. The molecule has 1 unspecified atom stereocenters. The van der Waals surface area contributed by atoms with Gasteiger partial charge in [-0.1, -0.05) is 31.0 Å². The van der Waals surface area contributed by atoms with Gasteiger partial charge in [0.25, 0.3) is 5.69 Å². The average molecular weight is 249 g/mol. The fourth-order valence-electron chi connectivity index (χ4n) is 2.78. The van der Waals surface area contributed by atoms with Crippen molar-refractivity contribution in [2.24, 2.45) is 5.92 Å². The molecule has 0 radical (unpaired) electrons. The zero-order valence-corrected chi connectivity index (χ0v) is 10.4. The highest BCUT2D eigenvalue weighted by Crippen LogP contribution is 2.30. The molecule has 0 bridgehead atoms. The predicted molar refractivity (Wildman–Crippen MR) is 69.4 cm³/mol. The van der Waals surface area contributed by atoms with E-state index < -0.39 is 0 Å². The first-order valence-corrected chi connectivity index (χ1v) is 6.59. The number of hydrogen-bond donors (Lipinski definition) is 1. The van der Waals surface area contributed by atoms with Gasteiger partial charge in [0.2, 0.25) is 0 Å². The number of nitro groups is 1. The molecule has 1 saturated carbocycles. The van der Waals surface area contributed by atoms with E-state index in [1.165, 1.54) is 18.9 Å². The molecular weight excluding hydrogens is 230 g/mol. The predicted octanol–water partition coefficient (Wildman–Crippen LogP) is 3.08. The zero-order chi connectivity index (χ0) is 13.0. The van der Waals surface area contributed by atoms with Crippen LogP contribution in [0, 0.1) is 16.0 Å². The molecule has 4 nitrogen and oxygen atoms in total. The number of para-hydroxylation sites is 1. The summed E-state index contributed by atoms with van der Waals surface area (Å²) in [6, 6.07) is 6.79. The highest BCUT2D eigenvalue weighted by atomic mass is 16.6. The number of aryl methyl sites for hydroxylation is 1. The van der Waals surface area contributed by atoms with Crippen molar-refractivity contribution in [3.05, 3.63) is 39.9 Å². The van der Waals surface area contributed by atoms with Gasteiger partial charge in [0.15, 0.2) is 0 Å². The van der Waals surface area contributed by atoms with E-state index in [9.17, 15) is 15.2 Å². The first-order chi connectivity index (χ1) is 8.68. The molecular formula is C14H19NO3. The molecule has 1 aromatic carbocycles. The van der Waals surface area contributed by atoms with Crippen LogP contribution in [0.15, 0.2) is 24.3 Å². The van der Waals surface area contributed by atoms with Gasteiger partial charge < -0.3 is 5.11 Å². The Morgan fingerprint density at radius 2 is 2.00 bits per heavy atom.